The molecule has 1 aromatic carbocycles. The van der Waals surface area contributed by atoms with Crippen LogP contribution in [0.3, 0.4) is 0 Å². The van der Waals surface area contributed by atoms with E-state index < -0.39 is 0 Å². The number of nitrogens with zero attached hydrogens (tertiary/aromatic N) is 3. The summed E-state index contributed by atoms with van der Waals surface area (Å²) in [5.74, 6) is 2.17. The van der Waals surface area contributed by atoms with Crippen LogP contribution in [0.2, 0.25) is 0 Å². The van der Waals surface area contributed by atoms with E-state index >= 15 is 0 Å². The first-order valence-electron chi connectivity index (χ1n) is 10.2. The predicted octanol–water partition coefficient (Wildman–Crippen LogP) is 3.87. The molecular weight excluding hydrogens is 352 g/mol. The Bertz CT molecular complexity index is 848. The molecule has 0 saturated carbocycles. The van der Waals surface area contributed by atoms with Gasteiger partial charge in [-0.05, 0) is 56.9 Å². The molecule has 2 amide bonds. The molecule has 0 radical (unpaired) electrons. The summed E-state index contributed by atoms with van der Waals surface area (Å²) < 4.78 is 7.86. The number of urea groups is 1. The van der Waals surface area contributed by atoms with Crippen molar-refractivity contribution < 1.29 is 9.53 Å². The monoisotopic (exact) mass is 382 g/mol. The van der Waals surface area contributed by atoms with Crippen molar-refractivity contribution in [1.82, 2.24) is 14.5 Å². The van der Waals surface area contributed by atoms with E-state index in [0.717, 1.165) is 51.4 Å². The molecule has 0 atom stereocenters. The van der Waals surface area contributed by atoms with Crippen molar-refractivity contribution in [3.8, 4) is 0 Å². The number of hydrogen-bond acceptors (Lipinski definition) is 3. The number of ether oxygens (including phenoxy) is 1. The highest BCUT2D eigenvalue weighted by Crippen LogP contribution is 2.29. The summed E-state index contributed by atoms with van der Waals surface area (Å²) in [5, 5.41) is 3.02. The molecule has 1 N–H and O–H groups in total. The lowest BCUT2D eigenvalue weighted by Crippen LogP contribution is -2.53. The van der Waals surface area contributed by atoms with Crippen LogP contribution in [-0.2, 0) is 11.3 Å². The Kier molecular flexibility index (Phi) is 5.40. The minimum Gasteiger partial charge on any atom is -0.381 e. The second kappa shape index (κ2) is 7.95. The molecule has 150 valence electrons. The van der Waals surface area contributed by atoms with E-state index in [1.165, 1.54) is 22.6 Å². The average Bonchev–Trinajstić information content (AvgIpc) is 3.02. The fourth-order valence-corrected chi connectivity index (χ4v) is 4.13. The lowest BCUT2D eigenvalue weighted by Gasteiger charge is -2.40. The smallest absolute Gasteiger partial charge is 0.321 e. The van der Waals surface area contributed by atoms with Gasteiger partial charge < -0.3 is 19.5 Å². The summed E-state index contributed by atoms with van der Waals surface area (Å²) in [6.45, 7) is 10.4. The van der Waals surface area contributed by atoms with Crippen LogP contribution in [0.4, 0.5) is 10.5 Å². The third-order valence-electron chi connectivity index (χ3n) is 6.12. The molecule has 6 nitrogen and oxygen atoms in total. The van der Waals surface area contributed by atoms with Crippen molar-refractivity contribution in [3.05, 3.63) is 47.0 Å². The first-order chi connectivity index (χ1) is 13.5. The summed E-state index contributed by atoms with van der Waals surface area (Å²) in [5.41, 5.74) is 4.50. The summed E-state index contributed by atoms with van der Waals surface area (Å²) >= 11 is 0. The predicted molar refractivity (Wildman–Crippen MR) is 110 cm³/mol. The maximum Gasteiger partial charge on any atom is 0.321 e. The molecule has 3 heterocycles. The van der Waals surface area contributed by atoms with E-state index in [9.17, 15) is 4.79 Å². The van der Waals surface area contributed by atoms with Crippen LogP contribution >= 0.6 is 0 Å². The van der Waals surface area contributed by atoms with E-state index in [1.54, 1.807) is 0 Å². The molecule has 0 unspecified atom stereocenters. The summed E-state index contributed by atoms with van der Waals surface area (Å²) in [4.78, 5) is 19.1. The van der Waals surface area contributed by atoms with Crippen molar-refractivity contribution in [2.45, 2.75) is 46.1 Å². The van der Waals surface area contributed by atoms with Gasteiger partial charge in [-0.1, -0.05) is 6.07 Å². The zero-order valence-electron chi connectivity index (χ0n) is 17.1. The van der Waals surface area contributed by atoms with Crippen LogP contribution in [0.25, 0.3) is 0 Å². The first kappa shape index (κ1) is 19.0. The fraction of sp³-hybridized carbons (Fsp3) is 0.545. The molecular formula is C22H30N4O2. The number of aromatic nitrogens is 2. The number of amides is 2. The Morgan fingerprint density at radius 3 is 2.64 bits per heavy atom. The van der Waals surface area contributed by atoms with Gasteiger partial charge in [-0.3, -0.25) is 0 Å². The van der Waals surface area contributed by atoms with Gasteiger partial charge in [-0.15, -0.1) is 0 Å². The molecule has 28 heavy (non-hydrogen) atoms. The lowest BCUT2D eigenvalue weighted by molar-refractivity contribution is 0.0811. The zero-order chi connectivity index (χ0) is 19.7. The number of nitrogens with one attached hydrogen (secondary N) is 1. The summed E-state index contributed by atoms with van der Waals surface area (Å²) in [6, 6.07) is 6.03. The van der Waals surface area contributed by atoms with Gasteiger partial charge in [0, 0.05) is 62.3 Å². The van der Waals surface area contributed by atoms with Crippen molar-refractivity contribution in [1.29, 1.82) is 0 Å². The van der Waals surface area contributed by atoms with Crippen molar-refractivity contribution in [2.24, 2.45) is 5.92 Å². The van der Waals surface area contributed by atoms with E-state index in [4.69, 9.17) is 9.72 Å². The Labute approximate surface area is 166 Å². The Hall–Kier alpha value is -2.34. The average molecular weight is 383 g/mol. The first-order valence-corrected chi connectivity index (χ1v) is 10.2. The molecule has 4 rings (SSSR count). The molecule has 2 aliphatic rings. The Morgan fingerprint density at radius 2 is 1.93 bits per heavy atom. The summed E-state index contributed by atoms with van der Waals surface area (Å²) in [6.07, 6.45) is 4.07. The van der Waals surface area contributed by atoms with Gasteiger partial charge >= 0.3 is 6.03 Å². The normalized spacial score (nSPS) is 18.2. The minimum atomic E-state index is -0.00786. The summed E-state index contributed by atoms with van der Waals surface area (Å²) in [7, 11) is 0. The van der Waals surface area contributed by atoms with Gasteiger partial charge in [0.05, 0.1) is 0 Å². The van der Waals surface area contributed by atoms with Gasteiger partial charge in [-0.2, -0.15) is 0 Å². The number of anilines is 1. The van der Waals surface area contributed by atoms with E-state index in [1.807, 2.05) is 29.3 Å². The number of imidazole rings is 1. The highest BCUT2D eigenvalue weighted by Gasteiger charge is 2.32. The van der Waals surface area contributed by atoms with Crippen LogP contribution in [0.5, 0.6) is 0 Å². The van der Waals surface area contributed by atoms with Crippen LogP contribution in [-0.4, -0.2) is 46.8 Å². The second-order valence-electron chi connectivity index (χ2n) is 8.26. The van der Waals surface area contributed by atoms with Gasteiger partial charge in [0.25, 0.3) is 0 Å². The molecule has 0 bridgehead atoms. The van der Waals surface area contributed by atoms with Crippen LogP contribution in [0.15, 0.2) is 24.4 Å². The van der Waals surface area contributed by atoms with Crippen LogP contribution in [0.1, 0.15) is 41.4 Å². The Balaban J connectivity index is 1.32. The van der Waals surface area contributed by atoms with Gasteiger partial charge in [0.15, 0.2) is 0 Å². The third kappa shape index (κ3) is 3.92. The standard InChI is InChI=1S/C22H30N4O2/c1-15-4-5-20(10-16(15)2)24-22(27)25-12-18(13-25)14-26-17(3)11-23-21(26)19-6-8-28-9-7-19/h4-5,10-11,18-19H,6-9,12-14H2,1-3H3,(H,24,27). The number of likely N-dealkylation sites (tertiary alicyclic amines) is 1. The molecule has 2 fully saturated rings. The largest absolute Gasteiger partial charge is 0.381 e. The molecule has 6 heteroatoms. The highest BCUT2D eigenvalue weighted by molar-refractivity contribution is 5.90. The lowest BCUT2D eigenvalue weighted by atomic mass is 9.97. The zero-order valence-corrected chi connectivity index (χ0v) is 17.1. The molecule has 2 aromatic rings. The van der Waals surface area contributed by atoms with Gasteiger partial charge in [0.2, 0.25) is 0 Å². The topological polar surface area (TPSA) is 59.4 Å². The number of benzene rings is 1. The second-order valence-corrected chi connectivity index (χ2v) is 8.26. The van der Waals surface area contributed by atoms with E-state index in [2.05, 4.69) is 30.7 Å². The number of carbonyl (C=O) groups is 1. The van der Waals surface area contributed by atoms with Crippen molar-refractivity contribution in [3.63, 3.8) is 0 Å². The van der Waals surface area contributed by atoms with Crippen LogP contribution in [0, 0.1) is 26.7 Å². The quantitative estimate of drug-likeness (QED) is 0.873. The Morgan fingerprint density at radius 1 is 1.18 bits per heavy atom. The minimum absolute atomic E-state index is 0.00786. The number of carbonyl (C=O) groups excluding carboxylic acids is 1. The fourth-order valence-electron chi connectivity index (χ4n) is 4.13. The molecule has 2 saturated heterocycles. The highest BCUT2D eigenvalue weighted by atomic mass is 16.5. The van der Waals surface area contributed by atoms with Gasteiger partial charge in [-0.25, -0.2) is 9.78 Å². The number of aryl methyl sites for hydroxylation is 3. The maximum atomic E-state index is 12.5. The van der Waals surface area contributed by atoms with E-state index in [0.29, 0.717) is 11.8 Å². The van der Waals surface area contributed by atoms with Gasteiger partial charge in [0.1, 0.15) is 5.82 Å². The molecule has 1 aromatic heterocycles. The molecule has 0 spiro atoms. The maximum absolute atomic E-state index is 12.5. The number of hydrogen-bond donors (Lipinski definition) is 1. The van der Waals surface area contributed by atoms with Crippen LogP contribution < -0.4 is 5.32 Å². The number of rotatable bonds is 4. The van der Waals surface area contributed by atoms with Crippen molar-refractivity contribution in [2.75, 3.05) is 31.6 Å². The molecule has 2 aliphatic heterocycles. The molecule has 0 aliphatic carbocycles. The van der Waals surface area contributed by atoms with E-state index in [-0.39, 0.29) is 6.03 Å². The van der Waals surface area contributed by atoms with Crippen molar-refractivity contribution >= 4 is 11.7 Å². The third-order valence-corrected chi connectivity index (χ3v) is 6.12. The SMILES string of the molecule is Cc1ccc(NC(=O)N2CC(Cn3c(C)cnc3C3CCOCC3)C2)cc1C.